The molecule has 0 bridgehead atoms. The maximum atomic E-state index is 12.8. The van der Waals surface area contributed by atoms with Gasteiger partial charge in [0.25, 0.3) is 5.91 Å². The van der Waals surface area contributed by atoms with Crippen LogP contribution in [-0.4, -0.2) is 34.1 Å². The first-order valence-electron chi connectivity index (χ1n) is 13.5. The number of nitrogens with one attached hydrogen (secondary N) is 2. The van der Waals surface area contributed by atoms with Crippen molar-refractivity contribution in [3.63, 3.8) is 0 Å². The maximum Gasteiger partial charge on any atom is 0.273 e. The van der Waals surface area contributed by atoms with Gasteiger partial charge in [0, 0.05) is 36.7 Å². The van der Waals surface area contributed by atoms with Gasteiger partial charge in [-0.15, -0.1) is 0 Å². The number of benzene rings is 3. The summed E-state index contributed by atoms with van der Waals surface area (Å²) in [5.74, 6) is 1.63. The summed E-state index contributed by atoms with van der Waals surface area (Å²) < 4.78 is 16.5. The zero-order valence-electron chi connectivity index (χ0n) is 22.7. The van der Waals surface area contributed by atoms with Crippen molar-refractivity contribution in [2.75, 3.05) is 13.3 Å². The van der Waals surface area contributed by atoms with Crippen molar-refractivity contribution in [3.05, 3.63) is 113 Å². The highest BCUT2D eigenvalue weighted by Crippen LogP contribution is 2.32. The molecule has 0 saturated heterocycles. The molecule has 1 aliphatic rings. The van der Waals surface area contributed by atoms with Crippen molar-refractivity contribution >= 4 is 16.8 Å². The molecule has 2 N–H and O–H groups in total. The third-order valence-corrected chi connectivity index (χ3v) is 7.30. The lowest BCUT2D eigenvalue weighted by atomic mass is 10.0. The van der Waals surface area contributed by atoms with Gasteiger partial charge < -0.3 is 24.2 Å². The van der Waals surface area contributed by atoms with Crippen LogP contribution >= 0.6 is 0 Å². The van der Waals surface area contributed by atoms with Crippen molar-refractivity contribution in [1.82, 2.24) is 20.2 Å². The first-order valence-corrected chi connectivity index (χ1v) is 13.5. The monoisotopic (exact) mass is 536 g/mol. The number of amides is 1. The summed E-state index contributed by atoms with van der Waals surface area (Å²) >= 11 is 0. The van der Waals surface area contributed by atoms with Crippen molar-refractivity contribution < 1.29 is 18.7 Å². The van der Waals surface area contributed by atoms with E-state index < -0.39 is 0 Å². The summed E-state index contributed by atoms with van der Waals surface area (Å²) in [5.41, 5.74) is 7.35. The molecule has 204 valence electrons. The van der Waals surface area contributed by atoms with Gasteiger partial charge in [0.1, 0.15) is 6.26 Å². The number of hydrogen-bond donors (Lipinski definition) is 2. The van der Waals surface area contributed by atoms with E-state index in [2.05, 4.69) is 76.6 Å². The summed E-state index contributed by atoms with van der Waals surface area (Å²) in [5, 5.41) is 4.15. The minimum absolute atomic E-state index is 0.217. The summed E-state index contributed by atoms with van der Waals surface area (Å²) in [6.45, 7) is 6.87. The molecule has 1 aliphatic heterocycles. The molecular formula is C32H32N4O4. The van der Waals surface area contributed by atoms with Gasteiger partial charge in [-0.05, 0) is 60.7 Å². The average Bonchev–Trinajstić information content (AvgIpc) is 3.72. The van der Waals surface area contributed by atoms with Crippen LogP contribution in [0.4, 0.5) is 0 Å². The molecule has 6 rings (SSSR count). The van der Waals surface area contributed by atoms with E-state index in [1.165, 1.54) is 33.9 Å². The Balaban J connectivity index is 1.14. The molecule has 8 heteroatoms. The topological polar surface area (TPSA) is 92.6 Å². The van der Waals surface area contributed by atoms with Gasteiger partial charge >= 0.3 is 0 Å². The molecule has 1 amide bonds. The van der Waals surface area contributed by atoms with E-state index in [0.29, 0.717) is 30.5 Å². The van der Waals surface area contributed by atoms with Crippen LogP contribution < -0.4 is 14.8 Å². The smallest absolute Gasteiger partial charge is 0.273 e. The SMILES string of the molecule is Cc1ccc(C)c(CN(CCc2c[nH]c3ccccc23)Cc2nc(C(=O)NCc3ccc4c(c3)OCO4)co2)c1. The van der Waals surface area contributed by atoms with Gasteiger partial charge in [-0.3, -0.25) is 9.69 Å². The van der Waals surface area contributed by atoms with E-state index in [9.17, 15) is 4.79 Å². The molecule has 0 saturated carbocycles. The Labute approximate surface area is 232 Å². The first kappa shape index (κ1) is 25.7. The van der Waals surface area contributed by atoms with Crippen LogP contribution in [0, 0.1) is 13.8 Å². The predicted octanol–water partition coefficient (Wildman–Crippen LogP) is 5.68. The number of H-pyrrole nitrogens is 1. The number of carbonyl (C=O) groups is 1. The van der Waals surface area contributed by atoms with Crippen molar-refractivity contribution in [2.24, 2.45) is 0 Å². The fourth-order valence-electron chi connectivity index (χ4n) is 5.05. The van der Waals surface area contributed by atoms with Gasteiger partial charge in [-0.25, -0.2) is 4.98 Å². The Morgan fingerprint density at radius 1 is 1.00 bits per heavy atom. The molecule has 40 heavy (non-hydrogen) atoms. The van der Waals surface area contributed by atoms with Gasteiger partial charge in [0.2, 0.25) is 12.7 Å². The third-order valence-electron chi connectivity index (χ3n) is 7.30. The van der Waals surface area contributed by atoms with Gasteiger partial charge in [-0.2, -0.15) is 0 Å². The van der Waals surface area contributed by atoms with Crippen LogP contribution in [0.15, 0.2) is 77.5 Å². The Bertz CT molecular complexity index is 1650. The normalized spacial score (nSPS) is 12.4. The van der Waals surface area contributed by atoms with Gasteiger partial charge in [-0.1, -0.05) is 48.0 Å². The average molecular weight is 537 g/mol. The fraction of sp³-hybridized carbons (Fsp3) is 0.250. The fourth-order valence-corrected chi connectivity index (χ4v) is 5.05. The lowest BCUT2D eigenvalue weighted by Gasteiger charge is -2.22. The summed E-state index contributed by atoms with van der Waals surface area (Å²) in [6, 6.07) is 20.5. The Morgan fingerprint density at radius 3 is 2.80 bits per heavy atom. The van der Waals surface area contributed by atoms with E-state index >= 15 is 0 Å². The second kappa shape index (κ2) is 11.3. The highest BCUT2D eigenvalue weighted by Gasteiger charge is 2.18. The van der Waals surface area contributed by atoms with E-state index in [-0.39, 0.29) is 18.4 Å². The van der Waals surface area contributed by atoms with Gasteiger partial charge in [0.15, 0.2) is 17.2 Å². The van der Waals surface area contributed by atoms with Crippen molar-refractivity contribution in [3.8, 4) is 11.5 Å². The molecule has 0 unspecified atom stereocenters. The second-order valence-electron chi connectivity index (χ2n) is 10.2. The highest BCUT2D eigenvalue weighted by molar-refractivity contribution is 5.91. The van der Waals surface area contributed by atoms with Crippen LogP contribution in [0.2, 0.25) is 0 Å². The number of oxazole rings is 1. The van der Waals surface area contributed by atoms with Crippen LogP contribution in [0.3, 0.4) is 0 Å². The number of carbonyl (C=O) groups excluding carboxylic acids is 1. The molecule has 5 aromatic rings. The minimum Gasteiger partial charge on any atom is -0.454 e. The number of aromatic amines is 1. The molecule has 3 aromatic carbocycles. The van der Waals surface area contributed by atoms with Crippen molar-refractivity contribution in [2.45, 2.75) is 39.9 Å². The maximum absolute atomic E-state index is 12.8. The third kappa shape index (κ3) is 5.72. The molecule has 0 atom stereocenters. The number of rotatable bonds is 10. The number of ether oxygens (including phenoxy) is 2. The predicted molar refractivity (Wildman–Crippen MR) is 152 cm³/mol. The number of para-hydroxylation sites is 1. The molecule has 0 fully saturated rings. The zero-order valence-corrected chi connectivity index (χ0v) is 22.7. The summed E-state index contributed by atoms with van der Waals surface area (Å²) in [4.78, 5) is 23.0. The second-order valence-corrected chi connectivity index (χ2v) is 10.2. The highest BCUT2D eigenvalue weighted by atomic mass is 16.7. The van der Waals surface area contributed by atoms with Crippen molar-refractivity contribution in [1.29, 1.82) is 0 Å². The first-order chi connectivity index (χ1) is 19.5. The van der Waals surface area contributed by atoms with Crippen LogP contribution in [0.1, 0.15) is 44.2 Å². The quantitative estimate of drug-likeness (QED) is 0.239. The number of aryl methyl sites for hydroxylation is 2. The lowest BCUT2D eigenvalue weighted by molar-refractivity contribution is 0.0945. The Morgan fingerprint density at radius 2 is 1.88 bits per heavy atom. The summed E-state index contributed by atoms with van der Waals surface area (Å²) in [7, 11) is 0. The van der Waals surface area contributed by atoms with E-state index in [1.807, 2.05) is 24.3 Å². The molecule has 8 nitrogen and oxygen atoms in total. The lowest BCUT2D eigenvalue weighted by Crippen LogP contribution is -2.26. The largest absolute Gasteiger partial charge is 0.454 e. The molecule has 2 aromatic heterocycles. The standard InChI is InChI=1S/C32H32N4O4/c1-21-7-8-22(2)25(13-21)17-36(12-11-24-16-33-27-6-4-3-5-26(24)27)18-31-35-28(19-38-31)32(37)34-15-23-9-10-29-30(14-23)40-20-39-29/h3-10,13-14,16,19,33H,11-12,15,17-18,20H2,1-2H3,(H,34,37). The van der Waals surface area contributed by atoms with Gasteiger partial charge in [0.05, 0.1) is 6.54 Å². The molecular weight excluding hydrogens is 504 g/mol. The van der Waals surface area contributed by atoms with E-state index in [0.717, 1.165) is 30.6 Å². The molecule has 0 spiro atoms. The van der Waals surface area contributed by atoms with E-state index in [4.69, 9.17) is 13.9 Å². The molecule has 0 radical (unpaired) electrons. The molecule has 3 heterocycles. The zero-order chi connectivity index (χ0) is 27.5. The van der Waals surface area contributed by atoms with Crippen LogP contribution in [-0.2, 0) is 26.1 Å². The van der Waals surface area contributed by atoms with Crippen LogP contribution in [0.25, 0.3) is 10.9 Å². The molecule has 0 aliphatic carbocycles. The van der Waals surface area contributed by atoms with Crippen LogP contribution in [0.5, 0.6) is 11.5 Å². The minimum atomic E-state index is -0.285. The number of hydrogen-bond acceptors (Lipinski definition) is 6. The van der Waals surface area contributed by atoms with E-state index in [1.54, 1.807) is 0 Å². The number of nitrogens with zero attached hydrogens (tertiary/aromatic N) is 2. The summed E-state index contributed by atoms with van der Waals surface area (Å²) in [6.07, 6.45) is 4.40. The Kier molecular flexibility index (Phi) is 7.25. The number of aromatic nitrogens is 2. The number of fused-ring (bicyclic) bond motifs is 2. The Hall–Kier alpha value is -4.56.